The van der Waals surface area contributed by atoms with Crippen molar-refractivity contribution >= 4 is 40.8 Å². The number of carbonyl (C=O) groups excluding carboxylic acids is 2. The molecular weight excluding hydrogens is 364 g/mol. The first kappa shape index (κ1) is 20.1. The van der Waals surface area contributed by atoms with Gasteiger partial charge in [0.15, 0.2) is 22.4 Å². The van der Waals surface area contributed by atoms with E-state index >= 15 is 0 Å². The molecule has 0 aliphatic heterocycles. The van der Waals surface area contributed by atoms with Crippen LogP contribution in [0.4, 0.5) is 5.69 Å². The Kier molecular flexibility index (Phi) is 7.08. The molecule has 0 spiro atoms. The van der Waals surface area contributed by atoms with E-state index in [0.29, 0.717) is 22.7 Å². The van der Waals surface area contributed by atoms with Gasteiger partial charge in [0.1, 0.15) is 0 Å². The molecule has 0 radical (unpaired) electrons. The number of Topliss-reactive ketones (excluding diaryl/α,β-unsaturated/α-hetero) is 1. The van der Waals surface area contributed by atoms with Crippen molar-refractivity contribution in [2.75, 3.05) is 19.5 Å². The summed E-state index contributed by atoms with van der Waals surface area (Å²) in [5.74, 6) is 0.798. The van der Waals surface area contributed by atoms with Gasteiger partial charge in [0.2, 0.25) is 5.91 Å². The number of amides is 1. The van der Waals surface area contributed by atoms with Gasteiger partial charge in [-0.15, -0.1) is 0 Å². The molecular formula is C20H20N2O4S. The zero-order chi connectivity index (χ0) is 19.8. The summed E-state index contributed by atoms with van der Waals surface area (Å²) in [5.41, 5.74) is 2.06. The number of nitrogens with one attached hydrogen (secondary N) is 2. The van der Waals surface area contributed by atoms with Crippen molar-refractivity contribution in [3.05, 3.63) is 59.7 Å². The summed E-state index contributed by atoms with van der Waals surface area (Å²) >= 11 is 5.12. The predicted octanol–water partition coefficient (Wildman–Crippen LogP) is 3.43. The molecule has 0 aromatic heterocycles. The van der Waals surface area contributed by atoms with E-state index in [1.807, 2.05) is 0 Å². The summed E-state index contributed by atoms with van der Waals surface area (Å²) in [6.07, 6.45) is 3.01. The molecule has 0 saturated heterocycles. The molecule has 0 bridgehead atoms. The van der Waals surface area contributed by atoms with Gasteiger partial charge in [0.25, 0.3) is 0 Å². The predicted molar refractivity (Wildman–Crippen MR) is 109 cm³/mol. The van der Waals surface area contributed by atoms with Crippen LogP contribution in [0.15, 0.2) is 48.5 Å². The summed E-state index contributed by atoms with van der Waals surface area (Å²) < 4.78 is 10.4. The summed E-state index contributed by atoms with van der Waals surface area (Å²) in [5, 5.41) is 5.61. The van der Waals surface area contributed by atoms with Crippen LogP contribution in [0.3, 0.4) is 0 Å². The average Bonchev–Trinajstić information content (AvgIpc) is 2.66. The summed E-state index contributed by atoms with van der Waals surface area (Å²) in [6.45, 7) is 1.50. The quantitative estimate of drug-likeness (QED) is 0.451. The number of ether oxygens (including phenoxy) is 2. The smallest absolute Gasteiger partial charge is 0.250 e. The number of methoxy groups -OCH3 is 2. The van der Waals surface area contributed by atoms with E-state index in [9.17, 15) is 9.59 Å². The maximum absolute atomic E-state index is 12.0. The van der Waals surface area contributed by atoms with Gasteiger partial charge < -0.3 is 14.8 Å². The molecule has 0 heterocycles. The lowest BCUT2D eigenvalue weighted by Crippen LogP contribution is -2.32. The maximum atomic E-state index is 12.0. The van der Waals surface area contributed by atoms with E-state index in [0.717, 1.165) is 5.56 Å². The van der Waals surface area contributed by atoms with Crippen LogP contribution in [-0.2, 0) is 4.79 Å². The molecule has 0 aliphatic carbocycles. The van der Waals surface area contributed by atoms with Crippen LogP contribution in [0.2, 0.25) is 0 Å². The van der Waals surface area contributed by atoms with E-state index in [4.69, 9.17) is 21.7 Å². The Morgan fingerprint density at radius 1 is 1.00 bits per heavy atom. The number of carbonyl (C=O) groups is 2. The van der Waals surface area contributed by atoms with Crippen molar-refractivity contribution in [2.24, 2.45) is 0 Å². The number of rotatable bonds is 6. The highest BCUT2D eigenvalue weighted by Gasteiger charge is 2.05. The Bertz CT molecular complexity index is 876. The van der Waals surface area contributed by atoms with Gasteiger partial charge in [-0.2, -0.15) is 0 Å². The lowest BCUT2D eigenvalue weighted by molar-refractivity contribution is -0.115. The third-order valence-electron chi connectivity index (χ3n) is 3.62. The van der Waals surface area contributed by atoms with E-state index in [-0.39, 0.29) is 16.8 Å². The first-order valence-electron chi connectivity index (χ1n) is 8.06. The first-order chi connectivity index (χ1) is 12.9. The molecule has 27 heavy (non-hydrogen) atoms. The van der Waals surface area contributed by atoms with Crippen LogP contribution in [0.25, 0.3) is 6.08 Å². The highest BCUT2D eigenvalue weighted by molar-refractivity contribution is 7.80. The highest BCUT2D eigenvalue weighted by atomic mass is 32.1. The monoisotopic (exact) mass is 384 g/mol. The topological polar surface area (TPSA) is 76.7 Å². The summed E-state index contributed by atoms with van der Waals surface area (Å²) in [4.78, 5) is 23.3. The van der Waals surface area contributed by atoms with Crippen LogP contribution < -0.4 is 20.1 Å². The molecule has 2 N–H and O–H groups in total. The Hall–Kier alpha value is -3.19. The van der Waals surface area contributed by atoms with Crippen molar-refractivity contribution in [1.82, 2.24) is 5.32 Å². The highest BCUT2D eigenvalue weighted by Crippen LogP contribution is 2.27. The fourth-order valence-electron chi connectivity index (χ4n) is 2.23. The van der Waals surface area contributed by atoms with Crippen LogP contribution in [0, 0.1) is 0 Å². The second-order valence-electron chi connectivity index (χ2n) is 5.52. The van der Waals surface area contributed by atoms with Gasteiger partial charge in [-0.3, -0.25) is 14.9 Å². The van der Waals surface area contributed by atoms with Crippen LogP contribution in [-0.4, -0.2) is 31.0 Å². The number of ketones is 1. The number of benzene rings is 2. The van der Waals surface area contributed by atoms with Crippen molar-refractivity contribution in [2.45, 2.75) is 6.92 Å². The number of hydrogen-bond acceptors (Lipinski definition) is 5. The number of anilines is 1. The lowest BCUT2D eigenvalue weighted by Gasteiger charge is -2.09. The van der Waals surface area contributed by atoms with Crippen molar-refractivity contribution in [1.29, 1.82) is 0 Å². The van der Waals surface area contributed by atoms with Crippen LogP contribution in [0.5, 0.6) is 11.5 Å². The number of thiocarbonyl (C=S) groups is 1. The molecule has 2 aromatic rings. The van der Waals surface area contributed by atoms with E-state index in [1.165, 1.54) is 13.0 Å². The SMILES string of the molecule is COc1ccc(/C=C/C(=O)NC(=S)Nc2ccc(C(C)=O)cc2)cc1OC. The van der Waals surface area contributed by atoms with Crippen molar-refractivity contribution in [3.8, 4) is 11.5 Å². The third-order valence-corrected chi connectivity index (χ3v) is 3.82. The van der Waals surface area contributed by atoms with Gasteiger partial charge in [-0.05, 0) is 67.2 Å². The summed E-state index contributed by atoms with van der Waals surface area (Å²) in [7, 11) is 3.10. The Labute approximate surface area is 163 Å². The molecule has 6 nitrogen and oxygen atoms in total. The molecule has 140 valence electrons. The van der Waals surface area contributed by atoms with Gasteiger partial charge in [-0.25, -0.2) is 0 Å². The molecule has 0 saturated carbocycles. The minimum atomic E-state index is -0.373. The molecule has 1 amide bonds. The van der Waals surface area contributed by atoms with Crippen LogP contribution in [0.1, 0.15) is 22.8 Å². The zero-order valence-corrected chi connectivity index (χ0v) is 16.1. The van der Waals surface area contributed by atoms with Gasteiger partial charge in [0, 0.05) is 17.3 Å². The minimum absolute atomic E-state index is 0.0160. The third kappa shape index (κ3) is 5.93. The second-order valence-corrected chi connectivity index (χ2v) is 5.93. The van der Waals surface area contributed by atoms with Gasteiger partial charge in [0.05, 0.1) is 14.2 Å². The lowest BCUT2D eigenvalue weighted by atomic mass is 10.1. The molecule has 2 rings (SSSR count). The molecule has 0 fully saturated rings. The second kappa shape index (κ2) is 9.49. The van der Waals surface area contributed by atoms with E-state index in [2.05, 4.69) is 10.6 Å². The molecule has 0 aliphatic rings. The fourth-order valence-corrected chi connectivity index (χ4v) is 2.45. The molecule has 2 aromatic carbocycles. The molecule has 0 unspecified atom stereocenters. The minimum Gasteiger partial charge on any atom is -0.493 e. The Morgan fingerprint density at radius 3 is 2.26 bits per heavy atom. The van der Waals surface area contributed by atoms with Crippen LogP contribution >= 0.6 is 12.2 Å². The van der Waals surface area contributed by atoms with Crippen molar-refractivity contribution < 1.29 is 19.1 Å². The summed E-state index contributed by atoms with van der Waals surface area (Å²) in [6, 6.07) is 12.1. The normalized spacial score (nSPS) is 10.3. The first-order valence-corrected chi connectivity index (χ1v) is 8.47. The molecule has 7 heteroatoms. The van der Waals surface area contributed by atoms with Crippen molar-refractivity contribution in [3.63, 3.8) is 0 Å². The van der Waals surface area contributed by atoms with E-state index in [1.54, 1.807) is 62.8 Å². The Balaban J connectivity index is 1.93. The zero-order valence-electron chi connectivity index (χ0n) is 15.2. The largest absolute Gasteiger partial charge is 0.493 e. The van der Waals surface area contributed by atoms with E-state index < -0.39 is 0 Å². The fraction of sp³-hybridized carbons (Fsp3) is 0.150. The van der Waals surface area contributed by atoms with Gasteiger partial charge in [-0.1, -0.05) is 6.07 Å². The Morgan fingerprint density at radius 2 is 1.67 bits per heavy atom. The average molecular weight is 384 g/mol. The standard InChI is InChI=1S/C20H20N2O4S/c1-13(23)15-6-8-16(9-7-15)21-20(27)22-19(24)11-5-14-4-10-17(25-2)18(12-14)26-3/h4-12H,1-3H3,(H2,21,22,24,27)/b11-5+. The number of hydrogen-bond donors (Lipinski definition) is 2. The van der Waals surface area contributed by atoms with Gasteiger partial charge >= 0.3 is 0 Å². The molecule has 0 atom stereocenters. The maximum Gasteiger partial charge on any atom is 0.250 e.